The number of methoxy groups -OCH3 is 1. The van der Waals surface area contributed by atoms with Gasteiger partial charge < -0.3 is 15.0 Å². The van der Waals surface area contributed by atoms with Crippen LogP contribution in [0.15, 0.2) is 42.5 Å². The summed E-state index contributed by atoms with van der Waals surface area (Å²) in [4.78, 5) is 14.3. The van der Waals surface area contributed by atoms with Crippen molar-refractivity contribution in [3.63, 3.8) is 0 Å². The van der Waals surface area contributed by atoms with Crippen LogP contribution in [0.4, 0.5) is 14.5 Å². The van der Waals surface area contributed by atoms with Crippen LogP contribution >= 0.6 is 0 Å². The Morgan fingerprint density at radius 2 is 2.08 bits per heavy atom. The highest BCUT2D eigenvalue weighted by molar-refractivity contribution is 5.94. The minimum Gasteiger partial charge on any atom is -0.380 e. The van der Waals surface area contributed by atoms with Crippen molar-refractivity contribution >= 4 is 11.6 Å². The third-order valence-corrected chi connectivity index (χ3v) is 4.61. The van der Waals surface area contributed by atoms with Crippen LogP contribution in [0.3, 0.4) is 0 Å². The number of anilines is 1. The fraction of sp³-hybridized carbons (Fsp3) is 0.350. The van der Waals surface area contributed by atoms with Gasteiger partial charge in [-0.05, 0) is 42.2 Å². The molecule has 0 unspecified atom stereocenters. The Morgan fingerprint density at radius 1 is 1.23 bits per heavy atom. The molecule has 1 atom stereocenters. The Kier molecular flexibility index (Phi) is 5.83. The first kappa shape index (κ1) is 18.3. The van der Waals surface area contributed by atoms with Gasteiger partial charge in [0.1, 0.15) is 0 Å². The van der Waals surface area contributed by atoms with Gasteiger partial charge in [0.2, 0.25) is 0 Å². The zero-order valence-electron chi connectivity index (χ0n) is 14.7. The normalized spacial score (nSPS) is 16.7. The van der Waals surface area contributed by atoms with Gasteiger partial charge in [-0.25, -0.2) is 8.78 Å². The van der Waals surface area contributed by atoms with Crippen molar-refractivity contribution in [2.24, 2.45) is 5.92 Å². The zero-order valence-corrected chi connectivity index (χ0v) is 14.7. The molecule has 1 amide bonds. The molecule has 1 N–H and O–H groups in total. The lowest BCUT2D eigenvalue weighted by atomic mass is 10.1. The summed E-state index contributed by atoms with van der Waals surface area (Å²) in [6.45, 7) is 2.48. The summed E-state index contributed by atoms with van der Waals surface area (Å²) in [5, 5.41) is 2.96. The van der Waals surface area contributed by atoms with E-state index in [1.165, 1.54) is 6.07 Å². The number of halogens is 2. The molecule has 0 aliphatic carbocycles. The number of rotatable bonds is 6. The number of hydrogen-bond acceptors (Lipinski definition) is 3. The van der Waals surface area contributed by atoms with E-state index in [0.717, 1.165) is 24.6 Å². The Balaban J connectivity index is 1.53. The molecule has 1 aliphatic rings. The van der Waals surface area contributed by atoms with E-state index in [1.54, 1.807) is 19.2 Å². The van der Waals surface area contributed by atoms with Crippen LogP contribution in [0.2, 0.25) is 0 Å². The number of carbonyl (C=O) groups excluding carboxylic acids is 1. The number of benzene rings is 2. The Morgan fingerprint density at radius 3 is 2.85 bits per heavy atom. The molecule has 6 heteroatoms. The summed E-state index contributed by atoms with van der Waals surface area (Å²) in [5.41, 5.74) is 2.23. The Bertz CT molecular complexity index is 782. The molecule has 0 saturated carbocycles. The SMILES string of the molecule is COCc1cccc(C(=O)NC[C@H]2CCN(c3ccc(F)c(F)c3)C2)c1. The standard InChI is InChI=1S/C20H22F2N2O2/c1-26-13-14-3-2-4-16(9-14)20(25)23-11-15-7-8-24(12-15)17-5-6-18(21)19(22)10-17/h2-6,9-10,15H,7-8,11-13H2,1H3,(H,23,25)/t15-/m1/s1. The molecule has 0 aromatic heterocycles. The van der Waals surface area contributed by atoms with Crippen molar-refractivity contribution in [1.82, 2.24) is 5.32 Å². The molecule has 1 fully saturated rings. The van der Waals surface area contributed by atoms with E-state index in [4.69, 9.17) is 4.74 Å². The van der Waals surface area contributed by atoms with Crippen molar-refractivity contribution in [3.05, 3.63) is 65.2 Å². The molecule has 2 aromatic carbocycles. The first-order valence-corrected chi connectivity index (χ1v) is 8.63. The lowest BCUT2D eigenvalue weighted by Crippen LogP contribution is -2.31. The molecule has 0 spiro atoms. The van der Waals surface area contributed by atoms with E-state index in [-0.39, 0.29) is 11.8 Å². The van der Waals surface area contributed by atoms with Crippen LogP contribution in [0.1, 0.15) is 22.3 Å². The smallest absolute Gasteiger partial charge is 0.251 e. The lowest BCUT2D eigenvalue weighted by molar-refractivity contribution is 0.0948. The van der Waals surface area contributed by atoms with Gasteiger partial charge in [-0.15, -0.1) is 0 Å². The average Bonchev–Trinajstić information content (AvgIpc) is 3.11. The second-order valence-electron chi connectivity index (χ2n) is 6.54. The van der Waals surface area contributed by atoms with E-state index >= 15 is 0 Å². The average molecular weight is 360 g/mol. The quantitative estimate of drug-likeness (QED) is 0.859. The molecule has 1 heterocycles. The minimum absolute atomic E-state index is 0.116. The fourth-order valence-corrected chi connectivity index (χ4v) is 3.22. The van der Waals surface area contributed by atoms with E-state index < -0.39 is 11.6 Å². The van der Waals surface area contributed by atoms with Crippen molar-refractivity contribution < 1.29 is 18.3 Å². The van der Waals surface area contributed by atoms with Crippen LogP contribution in [0, 0.1) is 17.6 Å². The number of hydrogen-bond donors (Lipinski definition) is 1. The maximum absolute atomic E-state index is 13.4. The van der Waals surface area contributed by atoms with E-state index in [0.29, 0.717) is 30.9 Å². The molecular weight excluding hydrogens is 338 g/mol. The molecule has 2 aromatic rings. The largest absolute Gasteiger partial charge is 0.380 e. The predicted molar refractivity (Wildman–Crippen MR) is 96.2 cm³/mol. The number of nitrogens with zero attached hydrogens (tertiary/aromatic N) is 1. The number of carbonyl (C=O) groups is 1. The predicted octanol–water partition coefficient (Wildman–Crippen LogP) is 3.37. The minimum atomic E-state index is -0.840. The summed E-state index contributed by atoms with van der Waals surface area (Å²) in [5.74, 6) is -1.52. The van der Waals surface area contributed by atoms with E-state index in [9.17, 15) is 13.6 Å². The van der Waals surface area contributed by atoms with Crippen molar-refractivity contribution in [1.29, 1.82) is 0 Å². The second kappa shape index (κ2) is 8.27. The van der Waals surface area contributed by atoms with Gasteiger partial charge in [0.25, 0.3) is 5.91 Å². The third-order valence-electron chi connectivity index (χ3n) is 4.61. The zero-order chi connectivity index (χ0) is 18.5. The molecular formula is C20H22F2N2O2. The van der Waals surface area contributed by atoms with Gasteiger partial charge in [-0.2, -0.15) is 0 Å². The van der Waals surface area contributed by atoms with Crippen molar-refractivity contribution in [3.8, 4) is 0 Å². The topological polar surface area (TPSA) is 41.6 Å². The second-order valence-corrected chi connectivity index (χ2v) is 6.54. The molecule has 1 saturated heterocycles. The van der Waals surface area contributed by atoms with Gasteiger partial charge in [-0.3, -0.25) is 4.79 Å². The highest BCUT2D eigenvalue weighted by Gasteiger charge is 2.24. The van der Waals surface area contributed by atoms with Crippen molar-refractivity contribution in [2.75, 3.05) is 31.6 Å². The molecule has 0 bridgehead atoms. The van der Waals surface area contributed by atoms with Gasteiger partial charge in [0.15, 0.2) is 11.6 Å². The molecule has 4 nitrogen and oxygen atoms in total. The van der Waals surface area contributed by atoms with Crippen LogP contribution in [-0.2, 0) is 11.3 Å². The fourth-order valence-electron chi connectivity index (χ4n) is 3.22. The summed E-state index contributed by atoms with van der Waals surface area (Å²) in [6, 6.07) is 11.3. The molecule has 0 radical (unpaired) electrons. The van der Waals surface area contributed by atoms with E-state index in [1.807, 2.05) is 23.1 Å². The Labute approximate surface area is 151 Å². The molecule has 3 rings (SSSR count). The maximum Gasteiger partial charge on any atom is 0.251 e. The molecule has 26 heavy (non-hydrogen) atoms. The van der Waals surface area contributed by atoms with Crippen LogP contribution in [0.25, 0.3) is 0 Å². The van der Waals surface area contributed by atoms with E-state index in [2.05, 4.69) is 5.32 Å². The summed E-state index contributed by atoms with van der Waals surface area (Å²) >= 11 is 0. The molecule has 138 valence electrons. The number of ether oxygens (including phenoxy) is 1. The maximum atomic E-state index is 13.4. The number of nitrogens with one attached hydrogen (secondary N) is 1. The summed E-state index contributed by atoms with van der Waals surface area (Å²) in [6.07, 6.45) is 0.892. The summed E-state index contributed by atoms with van der Waals surface area (Å²) in [7, 11) is 1.62. The lowest BCUT2D eigenvalue weighted by Gasteiger charge is -2.19. The Hall–Kier alpha value is -2.47. The summed E-state index contributed by atoms with van der Waals surface area (Å²) < 4.78 is 31.5. The van der Waals surface area contributed by atoms with Crippen LogP contribution in [-0.4, -0.2) is 32.7 Å². The number of amides is 1. The first-order valence-electron chi connectivity index (χ1n) is 8.63. The highest BCUT2D eigenvalue weighted by Crippen LogP contribution is 2.25. The van der Waals surface area contributed by atoms with Crippen molar-refractivity contribution in [2.45, 2.75) is 13.0 Å². The monoisotopic (exact) mass is 360 g/mol. The van der Waals surface area contributed by atoms with Crippen LogP contribution < -0.4 is 10.2 Å². The highest BCUT2D eigenvalue weighted by atomic mass is 19.2. The van der Waals surface area contributed by atoms with Gasteiger partial charge >= 0.3 is 0 Å². The van der Waals surface area contributed by atoms with Gasteiger partial charge in [0.05, 0.1) is 6.61 Å². The van der Waals surface area contributed by atoms with Gasteiger partial charge in [-0.1, -0.05) is 12.1 Å². The van der Waals surface area contributed by atoms with Crippen LogP contribution in [0.5, 0.6) is 0 Å². The van der Waals surface area contributed by atoms with Gasteiger partial charge in [0, 0.05) is 44.1 Å². The molecule has 1 aliphatic heterocycles. The first-order chi connectivity index (χ1) is 12.6. The third kappa shape index (κ3) is 4.38.